The lowest BCUT2D eigenvalue weighted by molar-refractivity contribution is -0.242. The van der Waals surface area contributed by atoms with Crippen LogP contribution in [-0.4, -0.2) is 67.0 Å². The standard InChI is InChI=1S/C20H18O11/c21-8-2-1-7(3-9(8)22)12-4-10(23)15-13(30-12)5-14(17(26)18(15)27)31-20-19(28)16(25)11(24)6-29-20/h1-5,11,16,19-22,24-28H,6H2/t11-,16-,19-,20+/m0/s1. The summed E-state index contributed by atoms with van der Waals surface area (Å²) in [7, 11) is 0. The number of aliphatic hydroxyl groups excluding tert-OH is 3. The van der Waals surface area contributed by atoms with Crippen molar-refractivity contribution in [3.63, 3.8) is 0 Å². The van der Waals surface area contributed by atoms with Crippen molar-refractivity contribution in [1.29, 1.82) is 0 Å². The smallest absolute Gasteiger partial charge is 0.229 e. The van der Waals surface area contributed by atoms with Crippen LogP contribution in [0.3, 0.4) is 0 Å². The van der Waals surface area contributed by atoms with Crippen LogP contribution < -0.4 is 10.2 Å². The topological polar surface area (TPSA) is 190 Å². The van der Waals surface area contributed by atoms with Crippen molar-refractivity contribution in [2.45, 2.75) is 24.6 Å². The molecule has 31 heavy (non-hydrogen) atoms. The normalized spacial score (nSPS) is 23.7. The van der Waals surface area contributed by atoms with Crippen LogP contribution in [-0.2, 0) is 4.74 Å². The third-order valence-electron chi connectivity index (χ3n) is 4.89. The van der Waals surface area contributed by atoms with Crippen molar-refractivity contribution in [2.24, 2.45) is 0 Å². The maximum absolute atomic E-state index is 12.5. The highest BCUT2D eigenvalue weighted by Gasteiger charge is 2.39. The Balaban J connectivity index is 1.78. The molecule has 2 heterocycles. The van der Waals surface area contributed by atoms with Gasteiger partial charge in [0.05, 0.1) is 6.61 Å². The number of phenols is 4. The van der Waals surface area contributed by atoms with Crippen LogP contribution in [0, 0.1) is 0 Å². The van der Waals surface area contributed by atoms with E-state index in [4.69, 9.17) is 13.9 Å². The molecule has 0 aliphatic carbocycles. The first-order valence-electron chi connectivity index (χ1n) is 9.05. The van der Waals surface area contributed by atoms with Crippen molar-refractivity contribution in [1.82, 2.24) is 0 Å². The van der Waals surface area contributed by atoms with Gasteiger partial charge >= 0.3 is 0 Å². The molecule has 1 fully saturated rings. The number of fused-ring (bicyclic) bond motifs is 1. The lowest BCUT2D eigenvalue weighted by Gasteiger charge is -2.35. The van der Waals surface area contributed by atoms with Gasteiger partial charge in [0.25, 0.3) is 0 Å². The van der Waals surface area contributed by atoms with Gasteiger partial charge in [-0.3, -0.25) is 4.79 Å². The molecule has 1 aliphatic rings. The monoisotopic (exact) mass is 434 g/mol. The van der Waals surface area contributed by atoms with Crippen LogP contribution in [0.4, 0.5) is 0 Å². The van der Waals surface area contributed by atoms with Gasteiger partial charge in [-0.15, -0.1) is 0 Å². The number of phenolic OH excluding ortho intramolecular Hbond substituents is 4. The van der Waals surface area contributed by atoms with Crippen molar-refractivity contribution in [2.75, 3.05) is 6.61 Å². The second-order valence-electron chi connectivity index (χ2n) is 6.99. The summed E-state index contributed by atoms with van der Waals surface area (Å²) in [6.07, 6.45) is -6.07. The zero-order valence-corrected chi connectivity index (χ0v) is 15.7. The molecule has 1 aromatic heterocycles. The minimum Gasteiger partial charge on any atom is -0.504 e. The molecule has 164 valence electrons. The number of hydrogen-bond donors (Lipinski definition) is 7. The lowest BCUT2D eigenvalue weighted by Crippen LogP contribution is -2.54. The summed E-state index contributed by atoms with van der Waals surface area (Å²) in [5, 5.41) is 68.6. The Bertz CT molecular complexity index is 1200. The van der Waals surface area contributed by atoms with E-state index in [-0.39, 0.29) is 34.6 Å². The van der Waals surface area contributed by atoms with Crippen LogP contribution in [0.1, 0.15) is 0 Å². The van der Waals surface area contributed by atoms with E-state index in [2.05, 4.69) is 0 Å². The molecule has 3 aromatic rings. The number of aromatic hydroxyl groups is 4. The predicted molar refractivity (Wildman–Crippen MR) is 103 cm³/mol. The van der Waals surface area contributed by atoms with Crippen LogP contribution in [0.25, 0.3) is 22.3 Å². The van der Waals surface area contributed by atoms with E-state index in [0.717, 1.165) is 18.2 Å². The lowest BCUT2D eigenvalue weighted by atomic mass is 10.1. The summed E-state index contributed by atoms with van der Waals surface area (Å²) in [6.45, 7) is -0.354. The van der Waals surface area contributed by atoms with Gasteiger partial charge in [0.2, 0.25) is 12.0 Å². The number of aliphatic hydroxyl groups is 3. The van der Waals surface area contributed by atoms with Crippen molar-refractivity contribution in [3.8, 4) is 40.1 Å². The maximum atomic E-state index is 12.5. The van der Waals surface area contributed by atoms with Crippen molar-refractivity contribution < 1.29 is 49.6 Å². The van der Waals surface area contributed by atoms with E-state index in [9.17, 15) is 40.5 Å². The van der Waals surface area contributed by atoms with E-state index < -0.39 is 53.0 Å². The molecule has 2 aromatic carbocycles. The Morgan fingerprint density at radius 3 is 2.35 bits per heavy atom. The second kappa shape index (κ2) is 7.63. The summed E-state index contributed by atoms with van der Waals surface area (Å²) in [5.74, 6) is -2.92. The summed E-state index contributed by atoms with van der Waals surface area (Å²) >= 11 is 0. The van der Waals surface area contributed by atoms with Crippen LogP contribution in [0.2, 0.25) is 0 Å². The highest BCUT2D eigenvalue weighted by atomic mass is 16.7. The SMILES string of the molecule is O=c1cc(-c2ccc(O)c(O)c2)oc2cc(O[C@H]3OC[C@H](O)[C@H](O)[C@@H]3O)c(O)c(O)c12. The molecule has 0 bridgehead atoms. The zero-order valence-electron chi connectivity index (χ0n) is 15.7. The predicted octanol–water partition coefficient (Wildman–Crippen LogP) is 0.100. The van der Waals surface area contributed by atoms with E-state index in [1.54, 1.807) is 0 Å². The number of hydrogen-bond acceptors (Lipinski definition) is 11. The number of rotatable bonds is 3. The van der Waals surface area contributed by atoms with Crippen molar-refractivity contribution in [3.05, 3.63) is 40.6 Å². The molecule has 11 heteroatoms. The van der Waals surface area contributed by atoms with Gasteiger partial charge in [-0.05, 0) is 18.2 Å². The fourth-order valence-corrected chi connectivity index (χ4v) is 3.19. The molecule has 11 nitrogen and oxygen atoms in total. The molecular formula is C20H18O11. The second-order valence-corrected chi connectivity index (χ2v) is 6.99. The average Bonchev–Trinajstić information content (AvgIpc) is 2.73. The van der Waals surface area contributed by atoms with E-state index in [1.165, 1.54) is 12.1 Å². The van der Waals surface area contributed by atoms with E-state index in [0.29, 0.717) is 0 Å². The largest absolute Gasteiger partial charge is 0.504 e. The molecule has 0 spiro atoms. The van der Waals surface area contributed by atoms with E-state index >= 15 is 0 Å². The first kappa shape index (κ1) is 20.8. The molecule has 0 amide bonds. The average molecular weight is 434 g/mol. The Morgan fingerprint density at radius 1 is 0.903 bits per heavy atom. The van der Waals surface area contributed by atoms with Gasteiger partial charge in [0.15, 0.2) is 28.4 Å². The van der Waals surface area contributed by atoms with Gasteiger partial charge in [0, 0.05) is 17.7 Å². The number of benzene rings is 2. The molecule has 0 saturated carbocycles. The fraction of sp³-hybridized carbons (Fsp3) is 0.250. The van der Waals surface area contributed by atoms with Crippen molar-refractivity contribution >= 4 is 11.0 Å². The third kappa shape index (κ3) is 3.59. The van der Waals surface area contributed by atoms with Crippen LogP contribution in [0.15, 0.2) is 39.5 Å². The first-order chi connectivity index (χ1) is 14.7. The Kier molecular flexibility index (Phi) is 5.11. The molecule has 0 unspecified atom stereocenters. The Hall–Kier alpha value is -3.51. The molecule has 1 aliphatic heterocycles. The molecule has 7 N–H and O–H groups in total. The highest BCUT2D eigenvalue weighted by Crippen LogP contribution is 2.42. The summed E-state index contributed by atoms with van der Waals surface area (Å²) in [5.41, 5.74) is -0.672. The molecule has 0 radical (unpaired) electrons. The fourth-order valence-electron chi connectivity index (χ4n) is 3.19. The third-order valence-corrected chi connectivity index (χ3v) is 4.89. The molecule has 4 atom stereocenters. The minimum atomic E-state index is -1.67. The van der Waals surface area contributed by atoms with E-state index in [1.807, 2.05) is 0 Å². The zero-order chi connectivity index (χ0) is 22.4. The summed E-state index contributed by atoms with van der Waals surface area (Å²) in [4.78, 5) is 12.5. The molecular weight excluding hydrogens is 416 g/mol. The minimum absolute atomic E-state index is 0.0173. The Labute approximate surface area is 173 Å². The van der Waals surface area contributed by atoms with Crippen LogP contribution >= 0.6 is 0 Å². The van der Waals surface area contributed by atoms with Gasteiger partial charge in [-0.2, -0.15) is 0 Å². The maximum Gasteiger partial charge on any atom is 0.229 e. The summed E-state index contributed by atoms with van der Waals surface area (Å²) in [6, 6.07) is 5.84. The van der Waals surface area contributed by atoms with Gasteiger partial charge in [0.1, 0.15) is 35.0 Å². The molecule has 1 saturated heterocycles. The van der Waals surface area contributed by atoms with Gasteiger partial charge < -0.3 is 49.6 Å². The first-order valence-corrected chi connectivity index (χ1v) is 9.05. The highest BCUT2D eigenvalue weighted by molar-refractivity contribution is 5.89. The Morgan fingerprint density at radius 2 is 1.65 bits per heavy atom. The van der Waals surface area contributed by atoms with Gasteiger partial charge in [-0.25, -0.2) is 0 Å². The molecule has 4 rings (SSSR count). The van der Waals surface area contributed by atoms with Crippen LogP contribution in [0.5, 0.6) is 28.7 Å². The number of ether oxygens (including phenoxy) is 2. The summed E-state index contributed by atoms with van der Waals surface area (Å²) < 4.78 is 16.1. The van der Waals surface area contributed by atoms with Gasteiger partial charge in [-0.1, -0.05) is 0 Å². The quantitative estimate of drug-likeness (QED) is 0.277.